The molecular weight excluding hydrogens is 954 g/mol. The van der Waals surface area contributed by atoms with Crippen LogP contribution in [0.4, 0.5) is 0 Å². The molecule has 73 heavy (non-hydrogen) atoms. The van der Waals surface area contributed by atoms with E-state index in [1.807, 2.05) is 75.4 Å². The number of oxime groups is 2. The van der Waals surface area contributed by atoms with Gasteiger partial charge in [-0.15, -0.1) is 0 Å². The molecule has 0 radical (unpaired) electrons. The smallest absolute Gasteiger partial charge is 0.205 e. The molecule has 2 aliphatic rings. The Balaban J connectivity index is 0.000000161. The number of hydrogen-bond donors (Lipinski definition) is 3. The van der Waals surface area contributed by atoms with Gasteiger partial charge in [-0.1, -0.05) is 104 Å². The Hall–Kier alpha value is -8.43. The zero-order valence-electron chi connectivity index (χ0n) is 41.1. The normalized spacial score (nSPS) is 14.5. The third kappa shape index (κ3) is 13.3. The van der Waals surface area contributed by atoms with Crippen LogP contribution >= 0.6 is 11.6 Å². The number of aryl methyl sites for hydroxylation is 3. The lowest BCUT2D eigenvalue weighted by molar-refractivity contribution is -0.128. The van der Waals surface area contributed by atoms with Crippen molar-refractivity contribution < 1.29 is 58.1 Å². The molecule has 0 aliphatic carbocycles. The minimum absolute atomic E-state index is 0.0603. The molecule has 15 nitrogen and oxygen atoms in total. The predicted octanol–water partition coefficient (Wildman–Crippen LogP) is 10.5. The van der Waals surface area contributed by atoms with Crippen LogP contribution in [0.1, 0.15) is 67.9 Å². The molecular formula is C57H54ClN3O12. The number of nitrogens with zero attached hydrogens (tertiary/aromatic N) is 3. The molecule has 2 aliphatic heterocycles. The van der Waals surface area contributed by atoms with E-state index < -0.39 is 12.2 Å². The molecule has 3 N–H and O–H groups in total. The van der Waals surface area contributed by atoms with Crippen LogP contribution in [0.15, 0.2) is 142 Å². The highest BCUT2D eigenvalue weighted by atomic mass is 35.5. The first-order chi connectivity index (χ1) is 35.1. The van der Waals surface area contributed by atoms with Crippen LogP contribution in [0.25, 0.3) is 11.3 Å². The van der Waals surface area contributed by atoms with Gasteiger partial charge in [0.15, 0.2) is 35.3 Å². The summed E-state index contributed by atoms with van der Waals surface area (Å²) in [5, 5.41) is 42.2. The third-order valence-corrected chi connectivity index (χ3v) is 12.2. The monoisotopic (exact) mass is 1010 g/mol. The average molecular weight is 1010 g/mol. The SMILES string of the molecule is COc1ccc(-c2cc(C(=O)Cc3cc(C)ccc3O)on2)cc1.COc1cccc(C2=NOC(C(=O)Cc3cc(C)ccc3O)C2)c1OC.Cc1ccc(O)c(CC(=O)C2CC(c3ccccc3Cl)=NO2)c1. The van der Waals surface area contributed by atoms with Crippen molar-refractivity contribution in [2.45, 2.75) is 65.1 Å². The quantitative estimate of drug-likeness (QED) is 0.0818. The van der Waals surface area contributed by atoms with Gasteiger partial charge in [-0.2, -0.15) is 0 Å². The zero-order valence-corrected chi connectivity index (χ0v) is 41.8. The lowest BCUT2D eigenvalue weighted by atomic mass is 9.97. The molecule has 2 unspecified atom stereocenters. The van der Waals surface area contributed by atoms with Crippen LogP contribution < -0.4 is 14.2 Å². The van der Waals surface area contributed by atoms with Gasteiger partial charge < -0.3 is 43.7 Å². The highest BCUT2D eigenvalue weighted by Gasteiger charge is 2.32. The highest BCUT2D eigenvalue weighted by molar-refractivity contribution is 6.34. The Labute approximate surface area is 427 Å². The van der Waals surface area contributed by atoms with E-state index in [0.717, 1.165) is 39.1 Å². The number of halogens is 1. The summed E-state index contributed by atoms with van der Waals surface area (Å²) in [5.41, 5.74) is 8.94. The van der Waals surface area contributed by atoms with E-state index >= 15 is 0 Å². The average Bonchev–Trinajstić information content (AvgIpc) is 4.21. The summed E-state index contributed by atoms with van der Waals surface area (Å²) >= 11 is 6.15. The summed E-state index contributed by atoms with van der Waals surface area (Å²) < 4.78 is 21.0. The number of aromatic nitrogens is 1. The summed E-state index contributed by atoms with van der Waals surface area (Å²) in [6, 6.07) is 37.3. The molecule has 6 aromatic carbocycles. The number of carbonyl (C=O) groups excluding carboxylic acids is 3. The van der Waals surface area contributed by atoms with E-state index in [9.17, 15) is 29.7 Å². The number of ether oxygens (including phenoxy) is 3. The molecule has 0 saturated carbocycles. The summed E-state index contributed by atoms with van der Waals surface area (Å²) in [6.45, 7) is 5.73. The number of para-hydroxylation sites is 1. The summed E-state index contributed by atoms with van der Waals surface area (Å²) in [6.07, 6.45) is -0.323. The molecule has 0 saturated heterocycles. The van der Waals surface area contributed by atoms with Crippen LogP contribution in [0.3, 0.4) is 0 Å². The Morgan fingerprint density at radius 1 is 0.589 bits per heavy atom. The molecule has 0 fully saturated rings. The number of carbonyl (C=O) groups is 3. The van der Waals surface area contributed by atoms with Crippen molar-refractivity contribution in [3.8, 4) is 45.8 Å². The largest absolute Gasteiger partial charge is 0.508 e. The number of rotatable bonds is 15. The van der Waals surface area contributed by atoms with E-state index in [2.05, 4.69) is 15.5 Å². The van der Waals surface area contributed by atoms with Gasteiger partial charge in [0.2, 0.25) is 11.5 Å². The van der Waals surface area contributed by atoms with Crippen molar-refractivity contribution in [2.24, 2.45) is 10.3 Å². The van der Waals surface area contributed by atoms with E-state index in [1.165, 1.54) is 0 Å². The summed E-state index contributed by atoms with van der Waals surface area (Å²) in [5.74, 6) is 1.91. The van der Waals surface area contributed by atoms with E-state index in [-0.39, 0.29) is 59.6 Å². The van der Waals surface area contributed by atoms with Gasteiger partial charge in [0.25, 0.3) is 0 Å². The van der Waals surface area contributed by atoms with Crippen molar-refractivity contribution in [3.05, 3.63) is 183 Å². The first kappa shape index (κ1) is 52.4. The minimum Gasteiger partial charge on any atom is -0.508 e. The van der Waals surface area contributed by atoms with Crippen LogP contribution in [0.2, 0.25) is 5.02 Å². The molecule has 3 heterocycles. The van der Waals surface area contributed by atoms with Crippen molar-refractivity contribution in [1.82, 2.24) is 5.16 Å². The van der Waals surface area contributed by atoms with Crippen molar-refractivity contribution in [2.75, 3.05) is 21.3 Å². The Kier molecular flexibility index (Phi) is 17.3. The van der Waals surface area contributed by atoms with Crippen LogP contribution in [-0.2, 0) is 38.5 Å². The molecule has 2 atom stereocenters. The van der Waals surface area contributed by atoms with Crippen molar-refractivity contribution in [1.29, 1.82) is 0 Å². The Morgan fingerprint density at radius 3 is 1.60 bits per heavy atom. The molecule has 0 bridgehead atoms. The fraction of sp³-hybridized carbons (Fsp3) is 0.228. The van der Waals surface area contributed by atoms with Gasteiger partial charge in [-0.05, 0) is 81.4 Å². The zero-order chi connectivity index (χ0) is 52.2. The Morgan fingerprint density at radius 2 is 1.10 bits per heavy atom. The highest BCUT2D eigenvalue weighted by Crippen LogP contribution is 2.34. The lowest BCUT2D eigenvalue weighted by Gasteiger charge is -2.12. The lowest BCUT2D eigenvalue weighted by Crippen LogP contribution is -2.23. The summed E-state index contributed by atoms with van der Waals surface area (Å²) in [7, 11) is 4.72. The summed E-state index contributed by atoms with van der Waals surface area (Å²) in [4.78, 5) is 48.0. The van der Waals surface area contributed by atoms with Gasteiger partial charge in [0.1, 0.15) is 28.7 Å². The third-order valence-electron chi connectivity index (χ3n) is 11.9. The fourth-order valence-corrected chi connectivity index (χ4v) is 8.21. The standard InChI is InChI=1S/C20H21NO5.C19H17NO4.C18H16ClNO3/c1-12-7-8-16(22)13(9-12)10-17(23)19-11-15(21-26-19)14-5-4-6-18(24-2)20(14)25-3;1-12-3-8-17(21)14(9-12)10-18(22)19-11-16(20-24-19)13-4-6-15(23-2)7-5-13;1-11-6-7-16(21)12(8-11)9-17(22)18-10-15(20-23-18)13-4-2-3-5-14(13)19/h4-9,19,22H,10-11H2,1-3H3;3-9,11,21H,10H2,1-2H3;2-8,18,21H,9-10H2,1H3. The van der Waals surface area contributed by atoms with Gasteiger partial charge in [-0.25, -0.2) is 0 Å². The molecule has 0 spiro atoms. The Bertz CT molecular complexity index is 3180. The van der Waals surface area contributed by atoms with Crippen molar-refractivity contribution in [3.63, 3.8) is 0 Å². The number of ketones is 3. The topological polar surface area (TPSA) is 209 Å². The molecule has 0 amide bonds. The molecule has 376 valence electrons. The first-order valence-electron chi connectivity index (χ1n) is 23.1. The van der Waals surface area contributed by atoms with Gasteiger partial charge in [0.05, 0.1) is 32.8 Å². The van der Waals surface area contributed by atoms with Gasteiger partial charge in [-0.3, -0.25) is 14.4 Å². The second-order valence-electron chi connectivity index (χ2n) is 17.3. The number of phenols is 3. The number of phenolic OH excluding ortho intramolecular Hbond substituents is 3. The maximum absolute atomic E-state index is 12.6. The number of methoxy groups -OCH3 is 3. The maximum atomic E-state index is 12.6. The number of aromatic hydroxyl groups is 3. The van der Waals surface area contributed by atoms with E-state index in [4.69, 9.17) is 40.0 Å². The molecule has 16 heteroatoms. The number of hydrogen-bond acceptors (Lipinski definition) is 15. The number of benzene rings is 6. The van der Waals surface area contributed by atoms with Crippen LogP contribution in [0.5, 0.6) is 34.5 Å². The van der Waals surface area contributed by atoms with Gasteiger partial charge in [0, 0.05) is 76.6 Å². The fourth-order valence-electron chi connectivity index (χ4n) is 7.96. The maximum Gasteiger partial charge on any atom is 0.205 e. The van der Waals surface area contributed by atoms with Crippen LogP contribution in [-0.4, -0.2) is 82.8 Å². The van der Waals surface area contributed by atoms with Crippen LogP contribution in [0, 0.1) is 20.8 Å². The molecule has 1 aromatic heterocycles. The minimum atomic E-state index is -0.680. The second-order valence-corrected chi connectivity index (χ2v) is 17.7. The molecule has 9 rings (SSSR count). The van der Waals surface area contributed by atoms with Crippen molar-refractivity contribution >= 4 is 40.4 Å². The number of Topliss-reactive ketones (excluding diaryl/α,β-unsaturated/α-hetero) is 3. The van der Waals surface area contributed by atoms with E-state index in [0.29, 0.717) is 63.2 Å². The predicted molar refractivity (Wildman–Crippen MR) is 276 cm³/mol. The molecule has 7 aromatic rings. The first-order valence-corrected chi connectivity index (χ1v) is 23.5. The van der Waals surface area contributed by atoms with E-state index in [1.54, 1.807) is 94.1 Å². The van der Waals surface area contributed by atoms with Gasteiger partial charge >= 0.3 is 0 Å². The second kappa shape index (κ2) is 24.1.